The highest BCUT2D eigenvalue weighted by molar-refractivity contribution is 6.32. The molecule has 1 aromatic carbocycles. The number of nitrogens with one attached hydrogen (secondary N) is 1. The van der Waals surface area contributed by atoms with Crippen LogP contribution >= 0.6 is 11.6 Å². The second-order valence-corrected chi connectivity index (χ2v) is 6.60. The smallest absolute Gasteiger partial charge is 0.298 e. The lowest BCUT2D eigenvalue weighted by Gasteiger charge is -2.32. The van der Waals surface area contributed by atoms with Crippen LogP contribution in [-0.4, -0.2) is 43.1 Å². The summed E-state index contributed by atoms with van der Waals surface area (Å²) in [5.74, 6) is 0.113. The van der Waals surface area contributed by atoms with E-state index in [1.54, 1.807) is 17.0 Å². The number of carbonyl (C=O) groups excluding carboxylic acids is 1. The van der Waals surface area contributed by atoms with Crippen LogP contribution in [0.3, 0.4) is 0 Å². The van der Waals surface area contributed by atoms with E-state index < -0.39 is 0 Å². The molecule has 3 heterocycles. The first-order valence-corrected chi connectivity index (χ1v) is 8.39. The van der Waals surface area contributed by atoms with Gasteiger partial charge in [0, 0.05) is 43.7 Å². The number of amides is 1. The molecule has 2 aromatic rings. The fourth-order valence-electron chi connectivity index (χ4n) is 3.32. The van der Waals surface area contributed by atoms with E-state index in [0.29, 0.717) is 41.1 Å². The Morgan fingerprint density at radius 3 is 3.00 bits per heavy atom. The predicted molar refractivity (Wildman–Crippen MR) is 90.3 cm³/mol. The van der Waals surface area contributed by atoms with Crippen molar-refractivity contribution in [2.75, 3.05) is 36.0 Å². The lowest BCUT2D eigenvalue weighted by molar-refractivity contribution is -0.117. The Balaban J connectivity index is 1.80. The number of aromatic nitrogens is 1. The molecule has 0 saturated carbocycles. The van der Waals surface area contributed by atoms with Gasteiger partial charge in [0.05, 0.1) is 5.69 Å². The van der Waals surface area contributed by atoms with Crippen LogP contribution in [0.5, 0.6) is 0 Å². The van der Waals surface area contributed by atoms with E-state index >= 15 is 0 Å². The molecule has 0 bridgehead atoms. The van der Waals surface area contributed by atoms with Gasteiger partial charge in [-0.15, -0.1) is 0 Å². The Labute approximate surface area is 139 Å². The number of carbonyl (C=O) groups is 1. The molecule has 23 heavy (non-hydrogen) atoms. The standard InChI is InChI=1S/C16H19ClN4O2/c1-10-9-18-4-6-20(10)16-19-12-7-11(17)8-13(15(12)23-16)21-5-2-3-14(21)22/h7-8,10,18H,2-6,9H2,1H3. The third kappa shape index (κ3) is 2.56. The zero-order chi connectivity index (χ0) is 16.0. The van der Waals surface area contributed by atoms with E-state index in [1.807, 2.05) is 0 Å². The number of anilines is 2. The highest BCUT2D eigenvalue weighted by Crippen LogP contribution is 2.36. The van der Waals surface area contributed by atoms with Gasteiger partial charge >= 0.3 is 0 Å². The van der Waals surface area contributed by atoms with Gasteiger partial charge in [0.2, 0.25) is 5.91 Å². The summed E-state index contributed by atoms with van der Waals surface area (Å²) in [6.07, 6.45) is 1.44. The zero-order valence-electron chi connectivity index (χ0n) is 13.0. The van der Waals surface area contributed by atoms with Gasteiger partial charge in [-0.1, -0.05) is 11.6 Å². The number of nitrogens with zero attached hydrogens (tertiary/aromatic N) is 3. The molecular weight excluding hydrogens is 316 g/mol. The molecular formula is C16H19ClN4O2. The molecule has 1 atom stereocenters. The molecule has 7 heteroatoms. The monoisotopic (exact) mass is 334 g/mol. The molecule has 6 nitrogen and oxygen atoms in total. The van der Waals surface area contributed by atoms with Gasteiger partial charge in [-0.3, -0.25) is 4.79 Å². The number of benzene rings is 1. The highest BCUT2D eigenvalue weighted by atomic mass is 35.5. The largest absolute Gasteiger partial charge is 0.421 e. The van der Waals surface area contributed by atoms with Crippen LogP contribution in [0.4, 0.5) is 11.7 Å². The van der Waals surface area contributed by atoms with Crippen LogP contribution in [-0.2, 0) is 4.79 Å². The third-order valence-electron chi connectivity index (χ3n) is 4.54. The molecule has 0 radical (unpaired) electrons. The lowest BCUT2D eigenvalue weighted by atomic mass is 10.2. The molecule has 1 N–H and O–H groups in total. The van der Waals surface area contributed by atoms with Crippen LogP contribution in [0.2, 0.25) is 5.02 Å². The fourth-order valence-corrected chi connectivity index (χ4v) is 3.53. The minimum atomic E-state index is 0.113. The first-order valence-electron chi connectivity index (χ1n) is 8.01. The van der Waals surface area contributed by atoms with Gasteiger partial charge in [0.15, 0.2) is 5.58 Å². The van der Waals surface area contributed by atoms with Crippen molar-refractivity contribution in [2.45, 2.75) is 25.8 Å². The summed E-state index contributed by atoms with van der Waals surface area (Å²) in [5.41, 5.74) is 2.08. The maximum Gasteiger partial charge on any atom is 0.298 e. The van der Waals surface area contributed by atoms with Crippen molar-refractivity contribution in [1.29, 1.82) is 0 Å². The first kappa shape index (κ1) is 14.8. The summed E-state index contributed by atoms with van der Waals surface area (Å²) >= 11 is 6.23. The zero-order valence-corrected chi connectivity index (χ0v) is 13.8. The minimum Gasteiger partial charge on any atom is -0.421 e. The van der Waals surface area contributed by atoms with E-state index in [-0.39, 0.29) is 5.91 Å². The Bertz CT molecular complexity index is 760. The van der Waals surface area contributed by atoms with Crippen molar-refractivity contribution in [3.63, 3.8) is 0 Å². The maximum atomic E-state index is 12.1. The topological polar surface area (TPSA) is 61.6 Å². The summed E-state index contributed by atoms with van der Waals surface area (Å²) < 4.78 is 6.06. The van der Waals surface area contributed by atoms with Crippen LogP contribution < -0.4 is 15.1 Å². The molecule has 1 amide bonds. The number of hydrogen-bond acceptors (Lipinski definition) is 5. The summed E-state index contributed by atoms with van der Waals surface area (Å²) in [6, 6.07) is 4.50. The van der Waals surface area contributed by atoms with Gasteiger partial charge in [-0.25, -0.2) is 0 Å². The molecule has 2 aliphatic rings. The molecule has 1 unspecified atom stereocenters. The summed E-state index contributed by atoms with van der Waals surface area (Å²) in [5, 5.41) is 3.92. The predicted octanol–water partition coefficient (Wildman–Crippen LogP) is 2.41. The summed E-state index contributed by atoms with van der Waals surface area (Å²) in [6.45, 7) is 5.49. The lowest BCUT2D eigenvalue weighted by Crippen LogP contribution is -2.50. The normalized spacial score (nSPS) is 22.3. The Morgan fingerprint density at radius 1 is 1.39 bits per heavy atom. The van der Waals surface area contributed by atoms with Crippen molar-refractivity contribution in [3.8, 4) is 0 Å². The van der Waals surface area contributed by atoms with Gasteiger partial charge in [-0.2, -0.15) is 4.98 Å². The molecule has 122 valence electrons. The van der Waals surface area contributed by atoms with E-state index in [2.05, 4.69) is 22.1 Å². The maximum absolute atomic E-state index is 12.1. The quantitative estimate of drug-likeness (QED) is 0.913. The van der Waals surface area contributed by atoms with Gasteiger partial charge in [-0.05, 0) is 25.5 Å². The highest BCUT2D eigenvalue weighted by Gasteiger charge is 2.28. The van der Waals surface area contributed by atoms with Crippen LogP contribution in [0.25, 0.3) is 11.1 Å². The SMILES string of the molecule is CC1CNCCN1c1nc2cc(Cl)cc(N3CCCC3=O)c2o1. The summed E-state index contributed by atoms with van der Waals surface area (Å²) in [7, 11) is 0. The molecule has 2 fully saturated rings. The fraction of sp³-hybridized carbons (Fsp3) is 0.500. The van der Waals surface area contributed by atoms with E-state index in [0.717, 1.165) is 31.7 Å². The molecule has 0 spiro atoms. The molecule has 1 aromatic heterocycles. The number of oxazole rings is 1. The molecule has 4 rings (SSSR count). The van der Waals surface area contributed by atoms with Gasteiger partial charge in [0.1, 0.15) is 5.52 Å². The second kappa shape index (κ2) is 5.69. The number of halogens is 1. The molecule has 0 aliphatic carbocycles. The Kier molecular flexibility index (Phi) is 3.66. The van der Waals surface area contributed by atoms with Crippen molar-refractivity contribution in [1.82, 2.24) is 10.3 Å². The average Bonchev–Trinajstić information content (AvgIpc) is 3.13. The summed E-state index contributed by atoms with van der Waals surface area (Å²) in [4.78, 5) is 20.6. The number of fused-ring (bicyclic) bond motifs is 1. The third-order valence-corrected chi connectivity index (χ3v) is 4.75. The van der Waals surface area contributed by atoms with Crippen molar-refractivity contribution in [2.24, 2.45) is 0 Å². The van der Waals surface area contributed by atoms with E-state index in [1.165, 1.54) is 0 Å². The number of piperazine rings is 1. The van der Waals surface area contributed by atoms with Crippen molar-refractivity contribution in [3.05, 3.63) is 17.2 Å². The van der Waals surface area contributed by atoms with Crippen molar-refractivity contribution >= 4 is 40.3 Å². The molecule has 2 aliphatic heterocycles. The van der Waals surface area contributed by atoms with E-state index in [9.17, 15) is 4.79 Å². The Hall–Kier alpha value is -1.79. The average molecular weight is 335 g/mol. The second-order valence-electron chi connectivity index (χ2n) is 6.17. The minimum absolute atomic E-state index is 0.113. The van der Waals surface area contributed by atoms with Crippen LogP contribution in [0.1, 0.15) is 19.8 Å². The molecule has 2 saturated heterocycles. The number of rotatable bonds is 2. The number of hydrogen-bond donors (Lipinski definition) is 1. The van der Waals surface area contributed by atoms with Gasteiger partial charge < -0.3 is 19.5 Å². The van der Waals surface area contributed by atoms with Crippen molar-refractivity contribution < 1.29 is 9.21 Å². The Morgan fingerprint density at radius 2 is 2.26 bits per heavy atom. The van der Waals surface area contributed by atoms with Crippen LogP contribution in [0, 0.1) is 0 Å². The van der Waals surface area contributed by atoms with Gasteiger partial charge in [0.25, 0.3) is 6.01 Å². The van der Waals surface area contributed by atoms with E-state index in [4.69, 9.17) is 16.0 Å². The van der Waals surface area contributed by atoms with Crippen LogP contribution in [0.15, 0.2) is 16.5 Å². The first-order chi connectivity index (χ1) is 11.1.